The topological polar surface area (TPSA) is 273 Å². The van der Waals surface area contributed by atoms with Crippen LogP contribution in [0, 0.1) is 0 Å². The number of hydrogen-bond donors (Lipinski definition) is 2. The van der Waals surface area contributed by atoms with Gasteiger partial charge in [-0.1, -0.05) is 39.0 Å². The third kappa shape index (κ3) is 56.1. The summed E-state index contributed by atoms with van der Waals surface area (Å²) in [7, 11) is -37.9. The van der Waals surface area contributed by atoms with Crippen LogP contribution >= 0.6 is 0 Å². The lowest BCUT2D eigenvalue weighted by molar-refractivity contribution is -0.322. The second-order valence-electron chi connectivity index (χ2n) is 32.8. The molecule has 0 aromatic carbocycles. The summed E-state index contributed by atoms with van der Waals surface area (Å²) in [6, 6.07) is 2.52. The SMILES string of the molecule is C=C(C)C(=O)OCCCC[Si](C)(C)O.C=C(C)C(=O)OCCCC[Si](C)(C)O[Si](C)(C)O[Si](C)(CCCOC(C(F)(F)F)C(F)(F)F)O[Si](C)(C)CCCCOC(=O)C(=C)C.C[Si]1(C)O[Si](C)(C)O[Si](C)(C)O[Si](C)(C)O1.C[Si]1(C)O[Si](C)(C)O[Si](C)(CCCOC(C(F)(F)F)C(F)(F)F)O[Si](C)(C)O1.O=S(=O)(O)C(F)(F)F. The number of carbonyl (C=O) groups excluding carboxylic acids is 3. The van der Waals surface area contributed by atoms with Crippen molar-refractivity contribution in [2.45, 2.75) is 302 Å². The summed E-state index contributed by atoms with van der Waals surface area (Å²) in [5, 5.41) is 0. The van der Waals surface area contributed by atoms with E-state index in [-0.39, 0.29) is 44.1 Å². The summed E-state index contributed by atoms with van der Waals surface area (Å²) in [6.07, 6.45) is -25.7. The van der Waals surface area contributed by atoms with E-state index in [0.29, 0.717) is 48.6 Å². The normalized spacial score (nSPS) is 19.0. The first-order valence-corrected chi connectivity index (χ1v) is 74.5. The fourth-order valence-corrected chi connectivity index (χ4v) is 75.3. The fraction of sp³-hybridized carbons (Fsp3) is 0.852. The van der Waals surface area contributed by atoms with Crippen molar-refractivity contribution in [1.29, 1.82) is 0 Å². The lowest BCUT2D eigenvalue weighted by atomic mass is 10.3. The molecule has 1 atom stereocenters. The first-order chi connectivity index (χ1) is 49.7. The minimum Gasteiger partial charge on any atom is -0.462 e. The molecule has 52 heteroatoms. The maximum atomic E-state index is 13.0. The summed E-state index contributed by atoms with van der Waals surface area (Å²) in [5.41, 5.74) is -4.48. The Morgan fingerprint density at radius 3 is 0.876 bits per heavy atom. The average molecular weight is 1910 g/mol. The zero-order valence-electron chi connectivity index (χ0n) is 70.5. The van der Waals surface area contributed by atoms with Crippen LogP contribution in [0.4, 0.5) is 65.9 Å². The van der Waals surface area contributed by atoms with Gasteiger partial charge in [-0.2, -0.15) is 74.3 Å². The van der Waals surface area contributed by atoms with Crippen LogP contribution in [-0.2, 0) is 93.5 Å². The number of esters is 3. The lowest BCUT2D eigenvalue weighted by Gasteiger charge is -2.47. The highest BCUT2D eigenvalue weighted by atomic mass is 32.2. The van der Waals surface area contributed by atoms with Crippen molar-refractivity contribution in [3.63, 3.8) is 0 Å². The highest BCUT2D eigenvalue weighted by Crippen LogP contribution is 2.40. The van der Waals surface area contributed by atoms with Crippen LogP contribution in [0.3, 0.4) is 0 Å². The molecule has 2 aliphatic heterocycles. The average Bonchev–Trinajstić information content (AvgIpc) is 0.792. The molecule has 0 aromatic rings. The van der Waals surface area contributed by atoms with Crippen molar-refractivity contribution in [3.8, 4) is 0 Å². The second-order valence-corrected chi connectivity index (χ2v) is 83.3. The van der Waals surface area contributed by atoms with Gasteiger partial charge in [0, 0.05) is 29.9 Å². The molecule has 1 unspecified atom stereocenters. The Kier molecular flexibility index (Phi) is 46.9. The molecule has 0 saturated carbocycles. The molecular formula is C61H127F15O23SSi13. The third-order valence-corrected chi connectivity index (χ3v) is 64.8. The lowest BCUT2D eigenvalue weighted by Crippen LogP contribution is -2.65. The number of hydrogen-bond acceptors (Lipinski definition) is 22. The van der Waals surface area contributed by atoms with Crippen LogP contribution in [0.2, 0.25) is 187 Å². The molecule has 2 saturated heterocycles. The minimum absolute atomic E-state index is 0.0683. The first-order valence-electron chi connectivity index (χ1n) is 36.1. The molecule has 2 rings (SSSR count). The number of carbonyl (C=O) groups is 3. The van der Waals surface area contributed by atoms with E-state index in [1.165, 1.54) is 0 Å². The van der Waals surface area contributed by atoms with E-state index in [2.05, 4.69) is 81.6 Å². The summed E-state index contributed by atoms with van der Waals surface area (Å²) >= 11 is 0. The van der Waals surface area contributed by atoms with Crippen molar-refractivity contribution in [2.24, 2.45) is 0 Å². The van der Waals surface area contributed by atoms with Crippen LogP contribution in [0.1, 0.15) is 72.1 Å². The van der Waals surface area contributed by atoms with E-state index >= 15 is 0 Å². The van der Waals surface area contributed by atoms with E-state index in [9.17, 15) is 85.0 Å². The van der Waals surface area contributed by atoms with Crippen molar-refractivity contribution >= 4 is 139 Å². The van der Waals surface area contributed by atoms with E-state index in [1.54, 1.807) is 33.9 Å². The van der Waals surface area contributed by atoms with E-state index in [4.69, 9.17) is 72.4 Å². The molecule has 2 aliphatic rings. The zero-order valence-corrected chi connectivity index (χ0v) is 84.4. The van der Waals surface area contributed by atoms with Crippen molar-refractivity contribution < 1.29 is 167 Å². The van der Waals surface area contributed by atoms with Crippen molar-refractivity contribution in [2.75, 3.05) is 33.0 Å². The fourth-order valence-electron chi connectivity index (χ4n) is 11.6. The Hall–Kier alpha value is -1.25. The van der Waals surface area contributed by atoms with Gasteiger partial charge in [-0.25, -0.2) is 14.4 Å². The minimum atomic E-state index is -5.84. The molecule has 0 amide bonds. The number of alkyl halides is 15. The smallest absolute Gasteiger partial charge is 0.462 e. The predicted octanol–water partition coefficient (Wildman–Crippen LogP) is 19.4. The van der Waals surface area contributed by atoms with E-state index in [0.717, 1.165) is 31.4 Å². The van der Waals surface area contributed by atoms with Gasteiger partial charge in [-0.3, -0.25) is 4.55 Å². The molecule has 2 heterocycles. The van der Waals surface area contributed by atoms with E-state index in [1.807, 2.05) is 91.7 Å². The van der Waals surface area contributed by atoms with Gasteiger partial charge in [0.25, 0.3) is 0 Å². The molecule has 23 nitrogen and oxygen atoms in total. The van der Waals surface area contributed by atoms with Gasteiger partial charge in [-0.05, 0) is 240 Å². The maximum Gasteiger partial charge on any atom is 0.522 e. The van der Waals surface area contributed by atoms with Crippen LogP contribution < -0.4 is 0 Å². The molecule has 113 heavy (non-hydrogen) atoms. The van der Waals surface area contributed by atoms with Gasteiger partial charge in [-0.15, -0.1) is 0 Å². The van der Waals surface area contributed by atoms with Crippen molar-refractivity contribution in [1.82, 2.24) is 0 Å². The van der Waals surface area contributed by atoms with Gasteiger partial charge in [0.15, 0.2) is 25.0 Å². The third-order valence-electron chi connectivity index (χ3n) is 14.2. The molecule has 0 spiro atoms. The highest BCUT2D eigenvalue weighted by molar-refractivity contribution is 7.86. The Bertz CT molecular complexity index is 2970. The Labute approximate surface area is 673 Å². The number of halogens is 15. The molecule has 0 bridgehead atoms. The monoisotopic (exact) mass is 1910 g/mol. The molecule has 0 radical (unpaired) electrons. The van der Waals surface area contributed by atoms with Crippen LogP contribution in [0.25, 0.3) is 0 Å². The number of ether oxygens (including phenoxy) is 5. The highest BCUT2D eigenvalue weighted by Gasteiger charge is 2.60. The van der Waals surface area contributed by atoms with Gasteiger partial charge in [0.05, 0.1) is 19.8 Å². The molecule has 672 valence electrons. The van der Waals surface area contributed by atoms with Gasteiger partial charge >= 0.3 is 144 Å². The largest absolute Gasteiger partial charge is 0.522 e. The van der Waals surface area contributed by atoms with E-state index < -0.39 is 188 Å². The molecule has 0 aromatic heterocycles. The van der Waals surface area contributed by atoms with Crippen molar-refractivity contribution in [3.05, 3.63) is 36.5 Å². The Morgan fingerprint density at radius 1 is 0.381 bits per heavy atom. The summed E-state index contributed by atoms with van der Waals surface area (Å²) in [5.74, 6) is -1.25. The number of rotatable bonds is 34. The first kappa shape index (κ1) is 116. The Balaban J connectivity index is -0.00000153. The summed E-state index contributed by atoms with van der Waals surface area (Å²) in [4.78, 5) is 43.7. The standard InChI is InChI=1S/C29H54F6O8Si4.C13H28F6O5Si4.C10H20O3Si.C8H24O4Si4.CHF3O3S/c1-23(2)25(36)38-17-12-14-20-44(5,6)41-46(9,10)43-47(11,22-16-19-40-27(28(30,31)32)29(33,34)35)42-45(7,8)21-15-13-18-39-26(37)24(3)4;1-25(2)21-26(3,4)23-28(7,24-27(5,6)22-25)10-8-9-20-11(12(14,15)16)13(17,18)19;1-9(2)10(11)13-7-5-6-8-14(3,4)12;1-13(2)9-14(3,4)11-16(7,8)12-15(5,6)10-13;2-1(3,4)8(5,6)7/h27H,1,3,12-22H2,2,4-11H3;11H,8-10H2,1-7H3;12H,1,5-8H2,2-4H3;1-8H3;(H,5,6,7). The zero-order chi connectivity index (χ0) is 90.2. The van der Waals surface area contributed by atoms with Crippen LogP contribution in [0.15, 0.2) is 36.5 Å². The second kappa shape index (κ2) is 45.8. The predicted molar refractivity (Wildman–Crippen MR) is 429 cm³/mol. The number of unbranched alkanes of at least 4 members (excludes halogenated alkanes) is 3. The molecular weight excluding hydrogens is 1780 g/mol. The Morgan fingerprint density at radius 2 is 0.628 bits per heavy atom. The van der Waals surface area contributed by atoms with Gasteiger partial charge < -0.3 is 73.7 Å². The quantitative estimate of drug-likeness (QED) is 0.00885. The summed E-state index contributed by atoms with van der Waals surface area (Å²) < 4.78 is 304. The maximum absolute atomic E-state index is 13.0. The van der Waals surface area contributed by atoms with Crippen LogP contribution in [0.5, 0.6) is 0 Å². The molecule has 2 fully saturated rings. The molecule has 2 N–H and O–H groups in total. The van der Waals surface area contributed by atoms with Gasteiger partial charge in [0.1, 0.15) is 0 Å². The molecule has 0 aliphatic carbocycles. The van der Waals surface area contributed by atoms with Crippen LogP contribution in [-0.4, -0.2) is 222 Å². The summed E-state index contributed by atoms with van der Waals surface area (Å²) in [6.45, 7) is 61.4. The van der Waals surface area contributed by atoms with Gasteiger partial charge in [0.2, 0.25) is 12.2 Å².